The summed E-state index contributed by atoms with van der Waals surface area (Å²) in [5.41, 5.74) is 0. The van der Waals surface area contributed by atoms with Crippen molar-refractivity contribution in [3.8, 4) is 0 Å². The zero-order chi connectivity index (χ0) is 12.6. The molecule has 0 aromatic heterocycles. The summed E-state index contributed by atoms with van der Waals surface area (Å²) in [6.07, 6.45) is 5.14. The fourth-order valence-corrected chi connectivity index (χ4v) is 1.95. The highest BCUT2D eigenvalue weighted by Gasteiger charge is 2.22. The first-order valence-electron chi connectivity index (χ1n) is 7.12. The molecular formula is C13H26IN3O2. The van der Waals surface area contributed by atoms with Crippen molar-refractivity contribution in [2.45, 2.75) is 44.8 Å². The van der Waals surface area contributed by atoms with Crippen LogP contribution >= 0.6 is 24.0 Å². The quantitative estimate of drug-likeness (QED) is 0.303. The molecule has 5 nitrogen and oxygen atoms in total. The van der Waals surface area contributed by atoms with Crippen molar-refractivity contribution >= 4 is 29.9 Å². The van der Waals surface area contributed by atoms with Gasteiger partial charge in [-0.15, -0.1) is 24.0 Å². The van der Waals surface area contributed by atoms with Crippen LogP contribution in [0.4, 0.5) is 0 Å². The molecule has 112 valence electrons. The van der Waals surface area contributed by atoms with Crippen LogP contribution in [-0.2, 0) is 9.47 Å². The van der Waals surface area contributed by atoms with Crippen molar-refractivity contribution in [1.29, 1.82) is 0 Å². The van der Waals surface area contributed by atoms with Crippen LogP contribution in [-0.4, -0.2) is 51.0 Å². The van der Waals surface area contributed by atoms with Crippen LogP contribution in [0.2, 0.25) is 0 Å². The van der Waals surface area contributed by atoms with E-state index >= 15 is 0 Å². The number of ether oxygens (including phenoxy) is 2. The molecule has 6 heteroatoms. The van der Waals surface area contributed by atoms with Crippen molar-refractivity contribution in [2.24, 2.45) is 4.99 Å². The molecule has 0 bridgehead atoms. The average molecular weight is 383 g/mol. The predicted octanol–water partition coefficient (Wildman–Crippen LogP) is 1.52. The summed E-state index contributed by atoms with van der Waals surface area (Å²) in [7, 11) is 0. The van der Waals surface area contributed by atoms with Crippen LogP contribution in [0.25, 0.3) is 0 Å². The van der Waals surface area contributed by atoms with Gasteiger partial charge in [0.15, 0.2) is 5.96 Å². The normalized spacial score (nSPS) is 23.0. The molecule has 1 saturated carbocycles. The van der Waals surface area contributed by atoms with Gasteiger partial charge in [0, 0.05) is 19.2 Å². The highest BCUT2D eigenvalue weighted by Crippen LogP contribution is 2.18. The summed E-state index contributed by atoms with van der Waals surface area (Å²) >= 11 is 0. The number of aliphatic imine (C=N–C) groups is 1. The van der Waals surface area contributed by atoms with Gasteiger partial charge in [0.1, 0.15) is 0 Å². The Balaban J connectivity index is 0.00000180. The minimum atomic E-state index is 0. The van der Waals surface area contributed by atoms with E-state index in [9.17, 15) is 0 Å². The Kier molecular flexibility index (Phi) is 8.72. The van der Waals surface area contributed by atoms with Crippen LogP contribution in [0.1, 0.15) is 32.6 Å². The van der Waals surface area contributed by atoms with Crippen LogP contribution < -0.4 is 10.6 Å². The van der Waals surface area contributed by atoms with Gasteiger partial charge >= 0.3 is 0 Å². The van der Waals surface area contributed by atoms with Crippen LogP contribution in [0, 0.1) is 0 Å². The Morgan fingerprint density at radius 3 is 2.84 bits per heavy atom. The summed E-state index contributed by atoms with van der Waals surface area (Å²) in [5, 5.41) is 6.63. The standard InChI is InChI=1S/C13H25N3O2.HI/c1-2-14-13(16-11-5-6-11)15-7-9-17-10-12-4-3-8-18-12;/h11-12H,2-10H2,1H3,(H2,14,15,16);1H. The molecule has 1 atom stereocenters. The molecular weight excluding hydrogens is 357 g/mol. The van der Waals surface area contributed by atoms with Gasteiger partial charge in [-0.05, 0) is 32.6 Å². The minimum absolute atomic E-state index is 0. The summed E-state index contributed by atoms with van der Waals surface area (Å²) in [5.74, 6) is 0.917. The monoisotopic (exact) mass is 383 g/mol. The smallest absolute Gasteiger partial charge is 0.191 e. The molecule has 0 aromatic rings. The Labute approximate surface area is 132 Å². The maximum Gasteiger partial charge on any atom is 0.191 e. The zero-order valence-corrected chi connectivity index (χ0v) is 14.0. The summed E-state index contributed by atoms with van der Waals surface area (Å²) in [4.78, 5) is 4.49. The van der Waals surface area contributed by atoms with Crippen molar-refractivity contribution in [3.63, 3.8) is 0 Å². The molecule has 1 heterocycles. The van der Waals surface area contributed by atoms with E-state index in [0.29, 0.717) is 31.9 Å². The van der Waals surface area contributed by atoms with E-state index < -0.39 is 0 Å². The number of guanidine groups is 1. The van der Waals surface area contributed by atoms with Crippen molar-refractivity contribution in [3.05, 3.63) is 0 Å². The molecule has 0 aromatic carbocycles. The van der Waals surface area contributed by atoms with E-state index in [2.05, 4.69) is 22.5 Å². The highest BCUT2D eigenvalue weighted by atomic mass is 127. The van der Waals surface area contributed by atoms with Gasteiger partial charge in [-0.3, -0.25) is 4.99 Å². The number of nitrogens with zero attached hydrogens (tertiary/aromatic N) is 1. The maximum absolute atomic E-state index is 5.58. The number of hydrogen-bond acceptors (Lipinski definition) is 3. The van der Waals surface area contributed by atoms with Gasteiger partial charge in [-0.2, -0.15) is 0 Å². The lowest BCUT2D eigenvalue weighted by atomic mass is 10.2. The minimum Gasteiger partial charge on any atom is -0.377 e. The predicted molar refractivity (Wildman–Crippen MR) is 87.3 cm³/mol. The molecule has 1 aliphatic carbocycles. The molecule has 2 N–H and O–H groups in total. The second-order valence-electron chi connectivity index (χ2n) is 4.89. The molecule has 2 aliphatic rings. The lowest BCUT2D eigenvalue weighted by molar-refractivity contribution is 0.0200. The zero-order valence-electron chi connectivity index (χ0n) is 11.7. The lowest BCUT2D eigenvalue weighted by Crippen LogP contribution is -2.38. The second kappa shape index (κ2) is 9.77. The van der Waals surface area contributed by atoms with E-state index in [1.165, 1.54) is 19.3 Å². The topological polar surface area (TPSA) is 54.9 Å². The first kappa shape index (κ1) is 17.0. The number of hydrogen-bond donors (Lipinski definition) is 2. The molecule has 0 spiro atoms. The van der Waals surface area contributed by atoms with E-state index in [0.717, 1.165) is 25.5 Å². The third-order valence-corrected chi connectivity index (χ3v) is 3.10. The Morgan fingerprint density at radius 1 is 1.37 bits per heavy atom. The molecule has 0 amide bonds. The Hall–Kier alpha value is -0.0800. The maximum atomic E-state index is 5.58. The van der Waals surface area contributed by atoms with E-state index in [4.69, 9.17) is 9.47 Å². The SMILES string of the molecule is CCNC(=NCCOCC1CCCO1)NC1CC1.I. The molecule has 1 aliphatic heterocycles. The van der Waals surface area contributed by atoms with Crippen LogP contribution in [0.15, 0.2) is 4.99 Å². The first-order chi connectivity index (χ1) is 8.88. The van der Waals surface area contributed by atoms with Crippen molar-refractivity contribution in [2.75, 3.05) is 32.9 Å². The summed E-state index contributed by atoms with van der Waals surface area (Å²) in [6.45, 7) is 5.95. The fourth-order valence-electron chi connectivity index (χ4n) is 1.95. The molecule has 0 radical (unpaired) electrons. The van der Waals surface area contributed by atoms with Gasteiger partial charge in [-0.25, -0.2) is 0 Å². The molecule has 19 heavy (non-hydrogen) atoms. The fraction of sp³-hybridized carbons (Fsp3) is 0.923. The molecule has 1 unspecified atom stereocenters. The first-order valence-corrected chi connectivity index (χ1v) is 7.12. The molecule has 2 rings (SSSR count). The molecule has 1 saturated heterocycles. The van der Waals surface area contributed by atoms with Crippen molar-refractivity contribution < 1.29 is 9.47 Å². The van der Waals surface area contributed by atoms with E-state index in [-0.39, 0.29) is 24.0 Å². The van der Waals surface area contributed by atoms with Gasteiger partial charge in [0.05, 0.1) is 25.9 Å². The average Bonchev–Trinajstić information content (AvgIpc) is 3.03. The number of rotatable bonds is 7. The highest BCUT2D eigenvalue weighted by molar-refractivity contribution is 14.0. The van der Waals surface area contributed by atoms with Gasteiger partial charge in [0.2, 0.25) is 0 Å². The summed E-state index contributed by atoms with van der Waals surface area (Å²) < 4.78 is 11.1. The third kappa shape index (κ3) is 7.31. The molecule has 2 fully saturated rings. The van der Waals surface area contributed by atoms with Crippen LogP contribution in [0.3, 0.4) is 0 Å². The lowest BCUT2D eigenvalue weighted by Gasteiger charge is -2.11. The van der Waals surface area contributed by atoms with E-state index in [1.54, 1.807) is 0 Å². The van der Waals surface area contributed by atoms with Gasteiger partial charge in [-0.1, -0.05) is 0 Å². The third-order valence-electron chi connectivity index (χ3n) is 3.10. The second-order valence-corrected chi connectivity index (χ2v) is 4.89. The summed E-state index contributed by atoms with van der Waals surface area (Å²) in [6, 6.07) is 0.635. The van der Waals surface area contributed by atoms with Crippen LogP contribution in [0.5, 0.6) is 0 Å². The number of nitrogens with one attached hydrogen (secondary N) is 2. The Morgan fingerprint density at radius 2 is 2.21 bits per heavy atom. The largest absolute Gasteiger partial charge is 0.377 e. The van der Waals surface area contributed by atoms with Gasteiger partial charge in [0.25, 0.3) is 0 Å². The van der Waals surface area contributed by atoms with Crippen molar-refractivity contribution in [1.82, 2.24) is 10.6 Å². The number of halogens is 1. The van der Waals surface area contributed by atoms with E-state index in [1.807, 2.05) is 0 Å². The van der Waals surface area contributed by atoms with Gasteiger partial charge < -0.3 is 20.1 Å². The Bertz CT molecular complexity index is 267.